The number of aryl methyl sites for hydroxylation is 2. The van der Waals surface area contributed by atoms with Gasteiger partial charge in [-0.05, 0) is 78.6 Å². The summed E-state index contributed by atoms with van der Waals surface area (Å²) in [5.41, 5.74) is 4.38. The van der Waals surface area contributed by atoms with Gasteiger partial charge in [-0.2, -0.15) is 0 Å². The SMILES string of the molecule is CCc1cc(Br)cc(C)c1NC(=O)COc1ccc(N2C[C@H](C(=O)NCc3ccc4c(c3)OCO4)CC2=O)cc1. The Balaban J connectivity index is 1.12. The van der Waals surface area contributed by atoms with Gasteiger partial charge >= 0.3 is 0 Å². The summed E-state index contributed by atoms with van der Waals surface area (Å²) in [6.45, 7) is 4.66. The zero-order chi connectivity index (χ0) is 28.2. The molecule has 2 heterocycles. The Labute approximate surface area is 240 Å². The fraction of sp³-hybridized carbons (Fsp3) is 0.300. The molecule has 0 radical (unpaired) electrons. The van der Waals surface area contributed by atoms with E-state index in [0.717, 1.165) is 33.3 Å². The molecule has 208 valence electrons. The third-order valence-corrected chi connectivity index (χ3v) is 7.40. The number of benzene rings is 3. The number of fused-ring (bicyclic) bond motifs is 1. The number of rotatable bonds is 9. The summed E-state index contributed by atoms with van der Waals surface area (Å²) in [6.07, 6.45) is 0.927. The molecule has 10 heteroatoms. The second kappa shape index (κ2) is 12.0. The maximum atomic E-state index is 12.8. The Bertz CT molecular complexity index is 1440. The van der Waals surface area contributed by atoms with Gasteiger partial charge in [-0.15, -0.1) is 0 Å². The van der Waals surface area contributed by atoms with Gasteiger partial charge in [0.1, 0.15) is 5.75 Å². The summed E-state index contributed by atoms with van der Waals surface area (Å²) < 4.78 is 17.3. The summed E-state index contributed by atoms with van der Waals surface area (Å²) in [5, 5.41) is 5.87. The fourth-order valence-electron chi connectivity index (χ4n) is 4.83. The van der Waals surface area contributed by atoms with Crippen LogP contribution in [0.2, 0.25) is 0 Å². The largest absolute Gasteiger partial charge is 0.484 e. The lowest BCUT2D eigenvalue weighted by molar-refractivity contribution is -0.126. The van der Waals surface area contributed by atoms with Crippen LogP contribution in [0.15, 0.2) is 59.1 Å². The summed E-state index contributed by atoms with van der Waals surface area (Å²) in [7, 11) is 0. The van der Waals surface area contributed by atoms with Crippen molar-refractivity contribution in [3.8, 4) is 17.2 Å². The van der Waals surface area contributed by atoms with Crippen LogP contribution in [0.1, 0.15) is 30.0 Å². The molecule has 1 fully saturated rings. The van der Waals surface area contributed by atoms with Crippen LogP contribution in [-0.2, 0) is 27.3 Å². The molecule has 3 aromatic rings. The van der Waals surface area contributed by atoms with Crippen LogP contribution in [0.4, 0.5) is 11.4 Å². The first-order chi connectivity index (χ1) is 19.3. The third kappa shape index (κ3) is 6.22. The number of hydrogen-bond acceptors (Lipinski definition) is 6. The molecular weight excluding hydrogens is 578 g/mol. The predicted molar refractivity (Wildman–Crippen MR) is 154 cm³/mol. The van der Waals surface area contributed by atoms with E-state index in [2.05, 4.69) is 26.6 Å². The molecule has 3 aromatic carbocycles. The number of nitrogens with one attached hydrogen (secondary N) is 2. The highest BCUT2D eigenvalue weighted by molar-refractivity contribution is 9.10. The number of halogens is 1. The maximum Gasteiger partial charge on any atom is 0.262 e. The van der Waals surface area contributed by atoms with Crippen molar-refractivity contribution in [1.29, 1.82) is 0 Å². The molecule has 5 rings (SSSR count). The van der Waals surface area contributed by atoms with Gasteiger partial charge in [-0.3, -0.25) is 14.4 Å². The lowest BCUT2D eigenvalue weighted by Gasteiger charge is -2.17. The molecule has 3 amide bonds. The molecule has 0 saturated carbocycles. The maximum absolute atomic E-state index is 12.8. The third-order valence-electron chi connectivity index (χ3n) is 6.95. The minimum Gasteiger partial charge on any atom is -0.484 e. The van der Waals surface area contributed by atoms with Crippen molar-refractivity contribution in [3.05, 3.63) is 75.8 Å². The Morgan fingerprint density at radius 2 is 1.85 bits per heavy atom. The highest BCUT2D eigenvalue weighted by atomic mass is 79.9. The van der Waals surface area contributed by atoms with Crippen LogP contribution >= 0.6 is 15.9 Å². The van der Waals surface area contributed by atoms with Gasteiger partial charge in [0.25, 0.3) is 5.91 Å². The number of carbonyl (C=O) groups is 3. The van der Waals surface area contributed by atoms with E-state index in [-0.39, 0.29) is 37.5 Å². The normalized spacial score (nSPS) is 15.7. The average Bonchev–Trinajstić information content (AvgIpc) is 3.58. The molecule has 1 atom stereocenters. The average molecular weight is 608 g/mol. The molecule has 9 nitrogen and oxygen atoms in total. The van der Waals surface area contributed by atoms with Crippen LogP contribution in [0.25, 0.3) is 0 Å². The summed E-state index contributed by atoms with van der Waals surface area (Å²) in [5.74, 6) is 0.858. The van der Waals surface area contributed by atoms with E-state index in [1.165, 1.54) is 0 Å². The molecule has 1 saturated heterocycles. The topological polar surface area (TPSA) is 106 Å². The summed E-state index contributed by atoms with van der Waals surface area (Å²) in [6, 6.07) is 16.4. The number of anilines is 2. The molecule has 40 heavy (non-hydrogen) atoms. The zero-order valence-electron chi connectivity index (χ0n) is 22.3. The molecule has 2 aliphatic rings. The van der Waals surface area contributed by atoms with E-state index < -0.39 is 5.92 Å². The lowest BCUT2D eigenvalue weighted by Crippen LogP contribution is -2.32. The monoisotopic (exact) mass is 607 g/mol. The van der Waals surface area contributed by atoms with Crippen molar-refractivity contribution in [2.75, 3.05) is 30.2 Å². The van der Waals surface area contributed by atoms with Crippen LogP contribution in [0.5, 0.6) is 17.2 Å². The van der Waals surface area contributed by atoms with Crippen molar-refractivity contribution < 1.29 is 28.6 Å². The zero-order valence-corrected chi connectivity index (χ0v) is 23.9. The minimum absolute atomic E-state index is 0.118. The van der Waals surface area contributed by atoms with E-state index in [9.17, 15) is 14.4 Å². The van der Waals surface area contributed by atoms with E-state index in [1.807, 2.05) is 44.2 Å². The number of amides is 3. The van der Waals surface area contributed by atoms with Gasteiger partial charge in [0, 0.05) is 35.4 Å². The first-order valence-electron chi connectivity index (χ1n) is 13.1. The van der Waals surface area contributed by atoms with Crippen LogP contribution in [-0.4, -0.2) is 37.7 Å². The van der Waals surface area contributed by atoms with E-state index in [4.69, 9.17) is 14.2 Å². The molecule has 0 aliphatic carbocycles. The smallest absolute Gasteiger partial charge is 0.262 e. The number of ether oxygens (including phenoxy) is 3. The minimum atomic E-state index is -0.448. The van der Waals surface area contributed by atoms with Gasteiger partial charge in [0.2, 0.25) is 18.6 Å². The van der Waals surface area contributed by atoms with E-state index >= 15 is 0 Å². The van der Waals surface area contributed by atoms with Crippen LogP contribution < -0.4 is 29.7 Å². The van der Waals surface area contributed by atoms with Gasteiger partial charge in [0.15, 0.2) is 18.1 Å². The fourth-order valence-corrected chi connectivity index (χ4v) is 5.45. The predicted octanol–water partition coefficient (Wildman–Crippen LogP) is 4.74. The van der Waals surface area contributed by atoms with E-state index in [0.29, 0.717) is 36.0 Å². The van der Waals surface area contributed by atoms with Crippen molar-refractivity contribution >= 4 is 45.0 Å². The Morgan fingerprint density at radius 1 is 1.07 bits per heavy atom. The number of nitrogens with zero attached hydrogens (tertiary/aromatic N) is 1. The molecule has 0 spiro atoms. The Kier molecular flexibility index (Phi) is 8.25. The molecular formula is C30H30BrN3O6. The first kappa shape index (κ1) is 27.5. The quantitative estimate of drug-likeness (QED) is 0.364. The molecule has 0 aromatic heterocycles. The highest BCUT2D eigenvalue weighted by Gasteiger charge is 2.35. The summed E-state index contributed by atoms with van der Waals surface area (Å²) >= 11 is 3.49. The second-order valence-electron chi connectivity index (χ2n) is 9.75. The first-order valence-corrected chi connectivity index (χ1v) is 13.9. The molecule has 0 bridgehead atoms. The number of hydrogen-bond donors (Lipinski definition) is 2. The van der Waals surface area contributed by atoms with Crippen molar-refractivity contribution in [2.24, 2.45) is 5.92 Å². The molecule has 2 N–H and O–H groups in total. The van der Waals surface area contributed by atoms with Crippen molar-refractivity contribution in [3.63, 3.8) is 0 Å². The van der Waals surface area contributed by atoms with Crippen molar-refractivity contribution in [1.82, 2.24) is 5.32 Å². The van der Waals surface area contributed by atoms with Crippen LogP contribution in [0, 0.1) is 12.8 Å². The van der Waals surface area contributed by atoms with Crippen molar-refractivity contribution in [2.45, 2.75) is 33.2 Å². The molecule has 2 aliphatic heterocycles. The van der Waals surface area contributed by atoms with Crippen LogP contribution in [0.3, 0.4) is 0 Å². The lowest BCUT2D eigenvalue weighted by atomic mass is 10.1. The molecule has 0 unspecified atom stereocenters. The Morgan fingerprint density at radius 3 is 2.62 bits per heavy atom. The standard InChI is InChI=1S/C30H30BrN3O6/c1-3-20-12-22(31)10-18(2)29(20)33-27(35)16-38-24-7-5-23(6-8-24)34-15-21(13-28(34)36)30(37)32-14-19-4-9-25-26(11-19)40-17-39-25/h4-12,21H,3,13-17H2,1-2H3,(H,32,37)(H,33,35)/t21-/m1/s1. The van der Waals surface area contributed by atoms with Gasteiger partial charge in [0.05, 0.1) is 5.92 Å². The Hall–Kier alpha value is -4.05. The van der Waals surface area contributed by atoms with Gasteiger partial charge in [-0.25, -0.2) is 0 Å². The number of carbonyl (C=O) groups excluding carboxylic acids is 3. The van der Waals surface area contributed by atoms with Gasteiger partial charge < -0.3 is 29.7 Å². The summed E-state index contributed by atoms with van der Waals surface area (Å²) in [4.78, 5) is 39.6. The highest BCUT2D eigenvalue weighted by Crippen LogP contribution is 2.33. The second-order valence-corrected chi connectivity index (χ2v) is 10.7. The van der Waals surface area contributed by atoms with Gasteiger partial charge in [-0.1, -0.05) is 28.9 Å². The van der Waals surface area contributed by atoms with E-state index in [1.54, 1.807) is 29.2 Å².